The number of nitrogens with one attached hydrogen (secondary N) is 1. The van der Waals surface area contributed by atoms with E-state index in [0.717, 1.165) is 11.5 Å². The first-order valence-corrected chi connectivity index (χ1v) is 4.95. The van der Waals surface area contributed by atoms with Gasteiger partial charge < -0.3 is 10.3 Å². The fraction of sp³-hybridized carbons (Fsp3) is 0.286. The Kier molecular flexibility index (Phi) is 2.40. The van der Waals surface area contributed by atoms with Gasteiger partial charge in [0.15, 0.2) is 0 Å². The summed E-state index contributed by atoms with van der Waals surface area (Å²) in [5.41, 5.74) is 6.25. The molecule has 0 spiro atoms. The van der Waals surface area contributed by atoms with Crippen molar-refractivity contribution in [3.63, 3.8) is 0 Å². The Morgan fingerprint density at radius 1 is 1.64 bits per heavy atom. The molecule has 0 bridgehead atoms. The Labute approximate surface area is 84.3 Å². The van der Waals surface area contributed by atoms with Gasteiger partial charge in [-0.1, -0.05) is 16.9 Å². The predicted octanol–water partition coefficient (Wildman–Crippen LogP) is 0.976. The molecular weight excluding hydrogens is 202 g/mol. The fourth-order valence-electron chi connectivity index (χ4n) is 0.947. The largest absolute Gasteiger partial charge is 0.368 e. The van der Waals surface area contributed by atoms with Gasteiger partial charge in [0.05, 0.1) is 5.69 Å². The molecule has 7 heteroatoms. The molecule has 2 aromatic rings. The molecule has 74 valence electrons. The van der Waals surface area contributed by atoms with E-state index < -0.39 is 0 Å². The fourth-order valence-corrected chi connectivity index (χ4v) is 1.63. The topological polar surface area (TPSA) is 93.6 Å². The highest BCUT2D eigenvalue weighted by molar-refractivity contribution is 7.98. The molecule has 0 aliphatic carbocycles. The summed E-state index contributed by atoms with van der Waals surface area (Å²) in [4.78, 5) is 3.95. The third-order valence-corrected chi connectivity index (χ3v) is 2.39. The summed E-state index contributed by atoms with van der Waals surface area (Å²) in [7, 11) is 0. The molecule has 0 saturated heterocycles. The lowest BCUT2D eigenvalue weighted by Crippen LogP contribution is -1.85. The quantitative estimate of drug-likeness (QED) is 0.735. The summed E-state index contributed by atoms with van der Waals surface area (Å²) in [6, 6.07) is 1.88. The first kappa shape index (κ1) is 9.07. The molecule has 0 amide bonds. The van der Waals surface area contributed by atoms with Crippen molar-refractivity contribution in [2.24, 2.45) is 0 Å². The van der Waals surface area contributed by atoms with E-state index in [4.69, 9.17) is 10.3 Å². The minimum Gasteiger partial charge on any atom is -0.368 e. The summed E-state index contributed by atoms with van der Waals surface area (Å²) < 4.78 is 4.92. The maximum atomic E-state index is 5.38. The van der Waals surface area contributed by atoms with Gasteiger partial charge in [0.1, 0.15) is 5.76 Å². The highest BCUT2D eigenvalue weighted by Crippen LogP contribution is 2.18. The average Bonchev–Trinajstić information content (AvgIpc) is 2.72. The van der Waals surface area contributed by atoms with Crippen LogP contribution in [0.3, 0.4) is 0 Å². The second kappa shape index (κ2) is 3.70. The monoisotopic (exact) mass is 211 g/mol. The third-order valence-electron chi connectivity index (χ3n) is 1.51. The number of hydrogen-bond donors (Lipinski definition) is 2. The molecular formula is C7H9N5OS. The molecule has 0 aliphatic heterocycles. The van der Waals surface area contributed by atoms with Gasteiger partial charge in [0.25, 0.3) is 0 Å². The summed E-state index contributed by atoms with van der Waals surface area (Å²) in [6.45, 7) is 1.85. The molecule has 0 aliphatic rings. The summed E-state index contributed by atoms with van der Waals surface area (Å²) in [6.07, 6.45) is 0. The number of anilines is 1. The SMILES string of the molecule is Cc1cc(CSc2n[nH]c(N)n2)no1. The molecule has 14 heavy (non-hydrogen) atoms. The summed E-state index contributed by atoms with van der Waals surface area (Å²) in [5.74, 6) is 1.80. The molecule has 0 saturated carbocycles. The van der Waals surface area contributed by atoms with Gasteiger partial charge >= 0.3 is 0 Å². The van der Waals surface area contributed by atoms with Crippen molar-refractivity contribution >= 4 is 17.7 Å². The highest BCUT2D eigenvalue weighted by Gasteiger charge is 2.04. The Bertz CT molecular complexity index is 383. The zero-order chi connectivity index (χ0) is 9.97. The van der Waals surface area contributed by atoms with Crippen LogP contribution < -0.4 is 5.73 Å². The Balaban J connectivity index is 1.94. The molecule has 0 atom stereocenters. The zero-order valence-electron chi connectivity index (χ0n) is 7.52. The van der Waals surface area contributed by atoms with E-state index in [9.17, 15) is 0 Å². The number of nitrogens with zero attached hydrogens (tertiary/aromatic N) is 3. The van der Waals surface area contributed by atoms with Crippen LogP contribution in [0.1, 0.15) is 11.5 Å². The normalized spacial score (nSPS) is 10.6. The van der Waals surface area contributed by atoms with E-state index >= 15 is 0 Å². The lowest BCUT2D eigenvalue weighted by atomic mass is 10.4. The lowest BCUT2D eigenvalue weighted by molar-refractivity contribution is 0.393. The van der Waals surface area contributed by atoms with Crippen molar-refractivity contribution in [3.8, 4) is 0 Å². The van der Waals surface area contributed by atoms with E-state index in [1.807, 2.05) is 13.0 Å². The maximum absolute atomic E-state index is 5.38. The number of aromatic nitrogens is 4. The zero-order valence-corrected chi connectivity index (χ0v) is 8.34. The van der Waals surface area contributed by atoms with Crippen molar-refractivity contribution in [2.75, 3.05) is 5.73 Å². The minimum atomic E-state index is 0.323. The van der Waals surface area contributed by atoms with Gasteiger partial charge in [-0.15, -0.1) is 5.10 Å². The summed E-state index contributed by atoms with van der Waals surface area (Å²) in [5, 5.41) is 10.9. The minimum absolute atomic E-state index is 0.323. The number of thioether (sulfide) groups is 1. The van der Waals surface area contributed by atoms with Crippen LogP contribution in [0.25, 0.3) is 0 Å². The lowest BCUT2D eigenvalue weighted by Gasteiger charge is -1.89. The van der Waals surface area contributed by atoms with Crippen LogP contribution in [-0.4, -0.2) is 20.3 Å². The molecule has 2 aromatic heterocycles. The van der Waals surface area contributed by atoms with Crippen LogP contribution in [0.15, 0.2) is 15.7 Å². The molecule has 0 unspecified atom stereocenters. The van der Waals surface area contributed by atoms with Crippen LogP contribution >= 0.6 is 11.8 Å². The van der Waals surface area contributed by atoms with Gasteiger partial charge in [-0.3, -0.25) is 0 Å². The van der Waals surface area contributed by atoms with Gasteiger partial charge in [-0.05, 0) is 6.92 Å². The smallest absolute Gasteiger partial charge is 0.216 e. The van der Waals surface area contributed by atoms with Crippen LogP contribution in [0.4, 0.5) is 5.95 Å². The molecule has 3 N–H and O–H groups in total. The Morgan fingerprint density at radius 3 is 3.07 bits per heavy atom. The van der Waals surface area contributed by atoms with Crippen LogP contribution in [0.5, 0.6) is 0 Å². The van der Waals surface area contributed by atoms with Crippen molar-refractivity contribution < 1.29 is 4.52 Å². The number of aryl methyl sites for hydroxylation is 1. The predicted molar refractivity (Wildman–Crippen MR) is 51.6 cm³/mol. The molecule has 0 radical (unpaired) electrons. The first-order valence-electron chi connectivity index (χ1n) is 3.97. The first-order chi connectivity index (χ1) is 6.74. The van der Waals surface area contributed by atoms with Gasteiger partial charge in [-0.2, -0.15) is 4.98 Å². The molecule has 2 heterocycles. The van der Waals surface area contributed by atoms with Crippen molar-refractivity contribution in [1.82, 2.24) is 20.3 Å². The molecule has 2 rings (SSSR count). The second-order valence-corrected chi connectivity index (χ2v) is 3.66. The summed E-state index contributed by atoms with van der Waals surface area (Å²) >= 11 is 1.45. The van der Waals surface area contributed by atoms with Crippen LogP contribution in [-0.2, 0) is 5.75 Å². The number of nitrogen functional groups attached to an aromatic ring is 1. The molecule has 6 nitrogen and oxygen atoms in total. The maximum Gasteiger partial charge on any atom is 0.216 e. The van der Waals surface area contributed by atoms with Gasteiger partial charge in [0.2, 0.25) is 11.1 Å². The molecule has 0 aromatic carbocycles. The highest BCUT2D eigenvalue weighted by atomic mass is 32.2. The molecule has 0 fully saturated rings. The van der Waals surface area contributed by atoms with E-state index in [1.54, 1.807) is 0 Å². The number of hydrogen-bond acceptors (Lipinski definition) is 6. The number of nitrogens with two attached hydrogens (primary N) is 1. The van der Waals surface area contributed by atoms with Crippen molar-refractivity contribution in [2.45, 2.75) is 17.8 Å². The third kappa shape index (κ3) is 2.05. The van der Waals surface area contributed by atoms with E-state index in [0.29, 0.717) is 16.9 Å². The Hall–Kier alpha value is -1.50. The van der Waals surface area contributed by atoms with Crippen LogP contribution in [0, 0.1) is 6.92 Å². The van der Waals surface area contributed by atoms with Gasteiger partial charge in [-0.25, -0.2) is 5.10 Å². The van der Waals surface area contributed by atoms with E-state index in [2.05, 4.69) is 20.3 Å². The average molecular weight is 211 g/mol. The van der Waals surface area contributed by atoms with Crippen LogP contribution in [0.2, 0.25) is 0 Å². The van der Waals surface area contributed by atoms with E-state index in [-0.39, 0.29) is 0 Å². The van der Waals surface area contributed by atoms with Crippen molar-refractivity contribution in [3.05, 3.63) is 17.5 Å². The number of H-pyrrole nitrogens is 1. The number of aromatic amines is 1. The van der Waals surface area contributed by atoms with Gasteiger partial charge in [0, 0.05) is 11.8 Å². The number of rotatable bonds is 3. The van der Waals surface area contributed by atoms with Crippen molar-refractivity contribution in [1.29, 1.82) is 0 Å². The second-order valence-electron chi connectivity index (χ2n) is 2.72. The standard InChI is InChI=1S/C7H9N5OS/c1-4-2-5(12-13-4)3-14-7-9-6(8)10-11-7/h2H,3H2,1H3,(H3,8,9,10,11). The van der Waals surface area contributed by atoms with E-state index in [1.165, 1.54) is 11.8 Å². The Morgan fingerprint density at radius 2 is 2.50 bits per heavy atom.